The molecule has 0 spiro atoms. The molecule has 0 aromatic carbocycles. The van der Waals surface area contributed by atoms with Crippen molar-refractivity contribution >= 4 is 0 Å². The van der Waals surface area contributed by atoms with Crippen LogP contribution in [0, 0.1) is 0 Å². The molecule has 0 heterocycles. The van der Waals surface area contributed by atoms with Crippen LogP contribution < -0.4 is 5.73 Å². The minimum absolute atomic E-state index is 0.385. The van der Waals surface area contributed by atoms with E-state index in [1.165, 1.54) is 6.42 Å². The van der Waals surface area contributed by atoms with Gasteiger partial charge in [-0.25, -0.2) is 0 Å². The third-order valence-corrected chi connectivity index (χ3v) is 2.63. The fraction of sp³-hybridized carbons (Fsp3) is 1.00. The van der Waals surface area contributed by atoms with E-state index in [1.807, 2.05) is 0 Å². The lowest BCUT2D eigenvalue weighted by Gasteiger charge is -2.20. The molecule has 0 aliphatic rings. The third-order valence-electron chi connectivity index (χ3n) is 2.63. The maximum atomic E-state index is 5.86. The fourth-order valence-corrected chi connectivity index (χ4v) is 1.43. The van der Waals surface area contributed by atoms with E-state index in [-0.39, 0.29) is 0 Å². The van der Waals surface area contributed by atoms with Crippen LogP contribution in [0.15, 0.2) is 0 Å². The summed E-state index contributed by atoms with van der Waals surface area (Å²) in [7, 11) is 1.75. The summed E-state index contributed by atoms with van der Waals surface area (Å²) in [6.07, 6.45) is 3.43. The molecule has 0 radical (unpaired) electrons. The zero-order valence-electron chi connectivity index (χ0n) is 9.96. The van der Waals surface area contributed by atoms with Crippen LogP contribution in [-0.4, -0.2) is 44.3 Å². The summed E-state index contributed by atoms with van der Waals surface area (Å²) in [5, 5.41) is 0. The first-order valence-corrected chi connectivity index (χ1v) is 5.71. The Morgan fingerprint density at radius 2 is 2.00 bits per heavy atom. The van der Waals surface area contributed by atoms with Crippen LogP contribution in [0.4, 0.5) is 0 Å². The third kappa shape index (κ3) is 7.30. The first kappa shape index (κ1) is 13.9. The van der Waals surface area contributed by atoms with Gasteiger partial charge in [-0.2, -0.15) is 0 Å². The van der Waals surface area contributed by atoms with E-state index in [1.54, 1.807) is 7.11 Å². The Labute approximate surface area is 88.6 Å². The highest BCUT2D eigenvalue weighted by Gasteiger charge is 2.03. The Bertz CT molecular complexity index is 120. The smallest absolute Gasteiger partial charge is 0.0589 e. The van der Waals surface area contributed by atoms with Crippen LogP contribution >= 0.6 is 0 Å². The predicted octanol–water partition coefficient (Wildman–Crippen LogP) is 1.47. The summed E-state index contributed by atoms with van der Waals surface area (Å²) in [4.78, 5) is 2.41. The Hall–Kier alpha value is -0.120. The normalized spacial score (nSPS) is 13.5. The molecular formula is C11H26N2O. The highest BCUT2D eigenvalue weighted by molar-refractivity contribution is 4.61. The van der Waals surface area contributed by atoms with E-state index >= 15 is 0 Å². The second-order valence-corrected chi connectivity index (χ2v) is 3.74. The van der Waals surface area contributed by atoms with Crippen LogP contribution in [0.2, 0.25) is 0 Å². The number of hydrogen-bond acceptors (Lipinski definition) is 3. The van der Waals surface area contributed by atoms with Crippen LogP contribution in [-0.2, 0) is 4.74 Å². The fourth-order valence-electron chi connectivity index (χ4n) is 1.43. The van der Waals surface area contributed by atoms with Gasteiger partial charge < -0.3 is 15.4 Å². The molecule has 0 saturated heterocycles. The topological polar surface area (TPSA) is 38.5 Å². The summed E-state index contributed by atoms with van der Waals surface area (Å²) < 4.78 is 5.06. The molecule has 0 fully saturated rings. The summed E-state index contributed by atoms with van der Waals surface area (Å²) >= 11 is 0. The van der Waals surface area contributed by atoms with E-state index in [9.17, 15) is 0 Å². The standard InChI is InChI=1S/C11H26N2O/c1-4-11(12)7-6-8-13(5-2)9-10-14-3/h11H,4-10,12H2,1-3H3. The molecule has 0 aromatic heterocycles. The van der Waals surface area contributed by atoms with Gasteiger partial charge in [0.25, 0.3) is 0 Å². The Balaban J connectivity index is 3.42. The summed E-state index contributed by atoms with van der Waals surface area (Å²) in [5.74, 6) is 0. The number of methoxy groups -OCH3 is 1. The van der Waals surface area contributed by atoms with Crippen molar-refractivity contribution in [1.29, 1.82) is 0 Å². The average Bonchev–Trinajstić information content (AvgIpc) is 2.22. The van der Waals surface area contributed by atoms with Gasteiger partial charge in [0.2, 0.25) is 0 Å². The van der Waals surface area contributed by atoms with Crippen LogP contribution in [0.25, 0.3) is 0 Å². The molecule has 0 aliphatic heterocycles. The van der Waals surface area contributed by atoms with Crippen LogP contribution in [0.5, 0.6) is 0 Å². The molecule has 86 valence electrons. The van der Waals surface area contributed by atoms with Crippen molar-refractivity contribution < 1.29 is 4.74 Å². The SMILES string of the molecule is CCC(N)CCCN(CC)CCOC. The van der Waals surface area contributed by atoms with Gasteiger partial charge in [-0.15, -0.1) is 0 Å². The molecule has 3 heteroatoms. The molecule has 0 aliphatic carbocycles. The summed E-state index contributed by atoms with van der Waals surface area (Å²) in [6.45, 7) is 8.45. The molecule has 0 bridgehead atoms. The van der Waals surface area contributed by atoms with Crippen molar-refractivity contribution in [2.45, 2.75) is 39.2 Å². The predicted molar refractivity (Wildman–Crippen MR) is 61.5 cm³/mol. The first-order chi connectivity index (χ1) is 6.74. The Kier molecular flexibility index (Phi) is 9.35. The minimum Gasteiger partial charge on any atom is -0.383 e. The van der Waals surface area contributed by atoms with Crippen molar-refractivity contribution in [2.24, 2.45) is 5.73 Å². The largest absolute Gasteiger partial charge is 0.383 e. The van der Waals surface area contributed by atoms with Crippen LogP contribution in [0.1, 0.15) is 33.1 Å². The highest BCUT2D eigenvalue weighted by atomic mass is 16.5. The molecular weight excluding hydrogens is 176 g/mol. The maximum absolute atomic E-state index is 5.86. The molecule has 2 N–H and O–H groups in total. The molecule has 0 aromatic rings. The van der Waals surface area contributed by atoms with E-state index in [0.717, 1.165) is 39.1 Å². The number of ether oxygens (including phenoxy) is 1. The number of nitrogens with zero attached hydrogens (tertiary/aromatic N) is 1. The Morgan fingerprint density at radius 1 is 1.29 bits per heavy atom. The van der Waals surface area contributed by atoms with Crippen molar-refractivity contribution in [1.82, 2.24) is 4.90 Å². The molecule has 1 atom stereocenters. The van der Waals surface area contributed by atoms with E-state index in [2.05, 4.69) is 18.7 Å². The lowest BCUT2D eigenvalue weighted by Crippen LogP contribution is -2.29. The van der Waals surface area contributed by atoms with Gasteiger partial charge in [-0.1, -0.05) is 13.8 Å². The van der Waals surface area contributed by atoms with E-state index in [0.29, 0.717) is 6.04 Å². The van der Waals surface area contributed by atoms with Crippen molar-refractivity contribution in [3.8, 4) is 0 Å². The monoisotopic (exact) mass is 202 g/mol. The molecule has 14 heavy (non-hydrogen) atoms. The van der Waals surface area contributed by atoms with Gasteiger partial charge in [0.15, 0.2) is 0 Å². The maximum Gasteiger partial charge on any atom is 0.0589 e. The molecule has 0 amide bonds. The minimum atomic E-state index is 0.385. The molecule has 3 nitrogen and oxygen atoms in total. The van der Waals surface area contributed by atoms with Gasteiger partial charge in [0, 0.05) is 19.7 Å². The molecule has 0 saturated carbocycles. The molecule has 1 unspecified atom stereocenters. The number of rotatable bonds is 9. The van der Waals surface area contributed by atoms with E-state index < -0.39 is 0 Å². The van der Waals surface area contributed by atoms with Gasteiger partial charge in [-0.05, 0) is 32.4 Å². The molecule has 0 rings (SSSR count). The number of likely N-dealkylation sites (N-methyl/N-ethyl adjacent to an activating group) is 1. The van der Waals surface area contributed by atoms with Crippen LogP contribution in [0.3, 0.4) is 0 Å². The summed E-state index contributed by atoms with van der Waals surface area (Å²) in [6, 6.07) is 0.385. The van der Waals surface area contributed by atoms with Gasteiger partial charge in [-0.3, -0.25) is 0 Å². The number of nitrogens with two attached hydrogens (primary N) is 1. The van der Waals surface area contributed by atoms with Crippen molar-refractivity contribution in [3.05, 3.63) is 0 Å². The lowest BCUT2D eigenvalue weighted by atomic mass is 10.1. The van der Waals surface area contributed by atoms with Crippen molar-refractivity contribution in [3.63, 3.8) is 0 Å². The Morgan fingerprint density at radius 3 is 2.50 bits per heavy atom. The number of hydrogen-bond donors (Lipinski definition) is 1. The first-order valence-electron chi connectivity index (χ1n) is 5.71. The average molecular weight is 202 g/mol. The van der Waals surface area contributed by atoms with Gasteiger partial charge in [0.05, 0.1) is 6.61 Å². The second-order valence-electron chi connectivity index (χ2n) is 3.74. The zero-order chi connectivity index (χ0) is 10.8. The van der Waals surface area contributed by atoms with Gasteiger partial charge >= 0.3 is 0 Å². The quantitative estimate of drug-likeness (QED) is 0.615. The zero-order valence-corrected chi connectivity index (χ0v) is 9.96. The second kappa shape index (κ2) is 9.44. The highest BCUT2D eigenvalue weighted by Crippen LogP contribution is 2.00. The van der Waals surface area contributed by atoms with Gasteiger partial charge in [0.1, 0.15) is 0 Å². The van der Waals surface area contributed by atoms with Crippen molar-refractivity contribution in [2.75, 3.05) is 33.4 Å². The lowest BCUT2D eigenvalue weighted by molar-refractivity contribution is 0.149. The van der Waals surface area contributed by atoms with E-state index in [4.69, 9.17) is 10.5 Å². The summed E-state index contributed by atoms with van der Waals surface area (Å²) in [5.41, 5.74) is 5.86.